The van der Waals surface area contributed by atoms with E-state index in [4.69, 9.17) is 9.47 Å². The molecule has 5 rings (SSSR count). The summed E-state index contributed by atoms with van der Waals surface area (Å²) in [4.78, 5) is 24.8. The number of carbonyl (C=O) groups excluding carboxylic acids is 2. The van der Waals surface area contributed by atoms with Gasteiger partial charge in [-0.2, -0.15) is 0 Å². The van der Waals surface area contributed by atoms with E-state index in [2.05, 4.69) is 55.4 Å². The number of fused-ring (bicyclic) bond motifs is 5. The highest BCUT2D eigenvalue weighted by Gasteiger charge is 2.69. The van der Waals surface area contributed by atoms with E-state index in [1.54, 1.807) is 0 Å². The van der Waals surface area contributed by atoms with Crippen molar-refractivity contribution in [2.24, 2.45) is 39.4 Å². The molecule has 1 N–H and O–H groups in total. The second kappa shape index (κ2) is 8.40. The zero-order valence-corrected chi connectivity index (χ0v) is 24.7. The molecule has 0 aromatic carbocycles. The van der Waals surface area contributed by atoms with Crippen LogP contribution in [0.25, 0.3) is 0 Å². The molecule has 4 aliphatic carbocycles. The van der Waals surface area contributed by atoms with Gasteiger partial charge in [0.1, 0.15) is 18.0 Å². The third-order valence-electron chi connectivity index (χ3n) is 12.5. The molecule has 0 amide bonds. The van der Waals surface area contributed by atoms with Gasteiger partial charge in [-0.25, -0.2) is 0 Å². The maximum atomic E-state index is 12.9. The van der Waals surface area contributed by atoms with Gasteiger partial charge in [0.05, 0.1) is 11.7 Å². The van der Waals surface area contributed by atoms with Gasteiger partial charge in [0.2, 0.25) is 0 Å². The Labute approximate surface area is 224 Å². The summed E-state index contributed by atoms with van der Waals surface area (Å²) < 4.78 is 11.7. The molecule has 1 heterocycles. The van der Waals surface area contributed by atoms with Crippen molar-refractivity contribution in [1.82, 2.24) is 0 Å². The van der Waals surface area contributed by atoms with Crippen LogP contribution in [0.4, 0.5) is 0 Å². The van der Waals surface area contributed by atoms with Crippen molar-refractivity contribution in [2.75, 3.05) is 0 Å². The highest BCUT2D eigenvalue weighted by Crippen LogP contribution is 2.74. The number of carbonyl (C=O) groups is 2. The molecule has 9 atom stereocenters. The fourth-order valence-corrected chi connectivity index (χ4v) is 10.4. The Morgan fingerprint density at radius 1 is 1.08 bits per heavy atom. The van der Waals surface area contributed by atoms with E-state index in [1.807, 2.05) is 0 Å². The Morgan fingerprint density at radius 2 is 1.73 bits per heavy atom. The Kier molecular flexibility index (Phi) is 6.21. The molecule has 37 heavy (non-hydrogen) atoms. The van der Waals surface area contributed by atoms with E-state index in [1.165, 1.54) is 18.1 Å². The summed E-state index contributed by atoms with van der Waals surface area (Å²) in [6, 6.07) is 0. The number of hydrogen-bond acceptors (Lipinski definition) is 5. The van der Waals surface area contributed by atoms with Gasteiger partial charge < -0.3 is 14.6 Å². The average Bonchev–Trinajstić information content (AvgIpc) is 3.27. The molecule has 0 spiro atoms. The molecule has 0 radical (unpaired) electrons. The van der Waals surface area contributed by atoms with Crippen LogP contribution < -0.4 is 0 Å². The smallest absolute Gasteiger partial charge is 0.302 e. The van der Waals surface area contributed by atoms with Crippen LogP contribution in [0.5, 0.6) is 0 Å². The van der Waals surface area contributed by atoms with Crippen molar-refractivity contribution in [2.45, 2.75) is 138 Å². The lowest BCUT2D eigenvalue weighted by atomic mass is 9.36. The number of ether oxygens (including phenoxy) is 2. The number of hydrogen-bond donors (Lipinski definition) is 1. The fourth-order valence-electron chi connectivity index (χ4n) is 10.4. The summed E-state index contributed by atoms with van der Waals surface area (Å²) in [6.45, 7) is 19.5. The molecule has 5 heteroatoms. The van der Waals surface area contributed by atoms with Crippen molar-refractivity contribution in [1.29, 1.82) is 0 Å². The SMILES string of the molecule is CC(=O)O[C@H](C[C@H](C)C1=C2C[C@H](O)[C@@H]3[C@@]4(C)CCC(=O)C(C)(C)[C@H]4CC[C@]3(C)[C@@]2(C)CC1)[C@H]1OC1(C)C. The second-order valence-corrected chi connectivity index (χ2v) is 15.2. The van der Waals surface area contributed by atoms with E-state index in [0.29, 0.717) is 18.1 Å². The first-order chi connectivity index (χ1) is 17.0. The lowest BCUT2D eigenvalue weighted by Crippen LogP contribution is -2.65. The minimum atomic E-state index is -0.389. The topological polar surface area (TPSA) is 76.1 Å². The summed E-state index contributed by atoms with van der Waals surface area (Å²) in [5.74, 6) is 0.947. The fraction of sp³-hybridized carbons (Fsp3) is 0.875. The summed E-state index contributed by atoms with van der Waals surface area (Å²) in [6.07, 6.45) is 6.64. The molecule has 4 fully saturated rings. The van der Waals surface area contributed by atoms with E-state index in [-0.39, 0.29) is 63.4 Å². The number of Topliss-reactive ketones (excluding diaryl/α,β-unsaturated/α-hetero) is 1. The highest BCUT2D eigenvalue weighted by molar-refractivity contribution is 5.85. The predicted octanol–water partition coefficient (Wildman–Crippen LogP) is 6.41. The van der Waals surface area contributed by atoms with Crippen molar-refractivity contribution >= 4 is 11.8 Å². The number of esters is 1. The first kappa shape index (κ1) is 27.4. The van der Waals surface area contributed by atoms with Crippen LogP contribution in [-0.2, 0) is 19.1 Å². The molecule has 0 bridgehead atoms. The molecule has 1 aliphatic heterocycles. The lowest BCUT2D eigenvalue weighted by molar-refractivity contribution is -0.208. The van der Waals surface area contributed by atoms with E-state index in [0.717, 1.165) is 44.9 Å². The van der Waals surface area contributed by atoms with Crippen LogP contribution in [0.15, 0.2) is 11.1 Å². The minimum Gasteiger partial charge on any atom is -0.460 e. The van der Waals surface area contributed by atoms with Gasteiger partial charge in [0, 0.05) is 18.8 Å². The third-order valence-corrected chi connectivity index (χ3v) is 12.5. The maximum absolute atomic E-state index is 12.9. The number of aliphatic hydroxyl groups excluding tert-OH is 1. The van der Waals surface area contributed by atoms with Gasteiger partial charge >= 0.3 is 5.97 Å². The molecular weight excluding hydrogens is 464 g/mol. The van der Waals surface area contributed by atoms with E-state index >= 15 is 0 Å². The first-order valence-electron chi connectivity index (χ1n) is 14.8. The lowest BCUT2D eigenvalue weighted by Gasteiger charge is -2.69. The normalized spacial score (nSPS) is 45.4. The highest BCUT2D eigenvalue weighted by atomic mass is 16.6. The molecule has 0 aromatic heterocycles. The Hall–Kier alpha value is -1.20. The van der Waals surface area contributed by atoms with Crippen LogP contribution in [-0.4, -0.2) is 40.8 Å². The minimum absolute atomic E-state index is 0.0000676. The number of epoxide rings is 1. The van der Waals surface area contributed by atoms with Crippen LogP contribution in [0, 0.1) is 39.4 Å². The Morgan fingerprint density at radius 3 is 2.32 bits per heavy atom. The van der Waals surface area contributed by atoms with Gasteiger partial charge in [-0.1, -0.05) is 52.7 Å². The zero-order chi connectivity index (χ0) is 27.3. The third kappa shape index (κ3) is 3.84. The maximum Gasteiger partial charge on any atom is 0.302 e. The quantitative estimate of drug-likeness (QED) is 0.261. The molecule has 1 saturated heterocycles. The van der Waals surface area contributed by atoms with Crippen LogP contribution in [0.3, 0.4) is 0 Å². The van der Waals surface area contributed by atoms with Crippen molar-refractivity contribution in [3.8, 4) is 0 Å². The van der Waals surface area contributed by atoms with E-state index in [9.17, 15) is 14.7 Å². The van der Waals surface area contributed by atoms with Gasteiger partial charge in [-0.05, 0) is 92.8 Å². The van der Waals surface area contributed by atoms with Gasteiger partial charge in [0.25, 0.3) is 0 Å². The van der Waals surface area contributed by atoms with Gasteiger partial charge in [-0.3, -0.25) is 9.59 Å². The van der Waals surface area contributed by atoms with Crippen molar-refractivity contribution in [3.05, 3.63) is 11.1 Å². The molecule has 3 saturated carbocycles. The van der Waals surface area contributed by atoms with Crippen LogP contribution >= 0.6 is 0 Å². The molecule has 5 nitrogen and oxygen atoms in total. The summed E-state index contributed by atoms with van der Waals surface area (Å²) in [7, 11) is 0. The van der Waals surface area contributed by atoms with E-state index < -0.39 is 0 Å². The van der Waals surface area contributed by atoms with Gasteiger partial charge in [0.15, 0.2) is 0 Å². The van der Waals surface area contributed by atoms with Gasteiger partial charge in [-0.15, -0.1) is 0 Å². The molecular formula is C32H50O5. The largest absolute Gasteiger partial charge is 0.460 e. The monoisotopic (exact) mass is 514 g/mol. The summed E-state index contributed by atoms with van der Waals surface area (Å²) in [5, 5.41) is 11.9. The number of aliphatic hydroxyl groups is 1. The number of ketones is 1. The van der Waals surface area contributed by atoms with Crippen molar-refractivity contribution < 1.29 is 24.2 Å². The van der Waals surface area contributed by atoms with Crippen LogP contribution in [0.1, 0.15) is 114 Å². The Balaban J connectivity index is 1.46. The average molecular weight is 515 g/mol. The number of allylic oxidation sites excluding steroid dienone is 1. The molecule has 5 aliphatic rings. The molecule has 0 unspecified atom stereocenters. The zero-order valence-electron chi connectivity index (χ0n) is 24.7. The predicted molar refractivity (Wildman–Crippen MR) is 144 cm³/mol. The molecule has 0 aromatic rings. The summed E-state index contributed by atoms with van der Waals surface area (Å²) in [5.41, 5.74) is 2.41. The first-order valence-corrected chi connectivity index (χ1v) is 14.8. The summed E-state index contributed by atoms with van der Waals surface area (Å²) >= 11 is 0. The standard InChI is InChI=1S/C32H50O5/c1-18(16-23(36-19(2)33)27-29(5,6)37-27)20-10-14-31(8)21(20)17-22(34)26-30(7)13-12-25(35)28(3,4)24(30)11-15-32(26,31)9/h18,22-24,26-27,34H,10-17H2,1-9H3/t18-,22-,23+,24+,26+,27+,30-,31-,32-/m0/s1. The van der Waals surface area contributed by atoms with Crippen molar-refractivity contribution in [3.63, 3.8) is 0 Å². The molecule has 208 valence electrons. The Bertz CT molecular complexity index is 1020. The number of rotatable bonds is 5. The van der Waals surface area contributed by atoms with Crippen LogP contribution in [0.2, 0.25) is 0 Å². The second-order valence-electron chi connectivity index (χ2n) is 15.2.